The Morgan fingerprint density at radius 3 is 2.56 bits per heavy atom. The summed E-state index contributed by atoms with van der Waals surface area (Å²) in [5.74, 6) is -1.74. The van der Waals surface area contributed by atoms with Gasteiger partial charge in [0.25, 0.3) is 11.8 Å². The van der Waals surface area contributed by atoms with Gasteiger partial charge in [-0.05, 0) is 48.0 Å². The Kier molecular flexibility index (Phi) is 7.10. The molecule has 1 aliphatic heterocycles. The minimum Gasteiger partial charge on any atom is -0.484 e. The third-order valence-electron chi connectivity index (χ3n) is 5.03. The number of methoxy groups -OCH3 is 1. The highest BCUT2D eigenvalue weighted by Crippen LogP contribution is 2.20. The first-order valence-electron chi connectivity index (χ1n) is 10.6. The number of hydrogen-bond acceptors (Lipinski definition) is 7. The first-order valence-corrected chi connectivity index (χ1v) is 10.6. The van der Waals surface area contributed by atoms with Gasteiger partial charge in [0, 0.05) is 0 Å². The number of imide groups is 1. The molecule has 3 aromatic rings. The third-order valence-corrected chi connectivity index (χ3v) is 5.03. The molecule has 36 heavy (non-hydrogen) atoms. The van der Waals surface area contributed by atoms with E-state index in [1.165, 1.54) is 43.5 Å². The molecule has 2 N–H and O–H groups in total. The number of furan rings is 1. The van der Waals surface area contributed by atoms with E-state index in [4.69, 9.17) is 9.15 Å². The molecule has 2 heterocycles. The number of carbonyl (C=O) groups is 4. The second-order valence-corrected chi connectivity index (χ2v) is 7.52. The number of anilines is 1. The highest BCUT2D eigenvalue weighted by molar-refractivity contribution is 6.13. The quantitative estimate of drug-likeness (QED) is 0.280. The molecule has 1 aromatic heterocycles. The van der Waals surface area contributed by atoms with Gasteiger partial charge in [-0.25, -0.2) is 14.0 Å². The van der Waals surface area contributed by atoms with Crippen LogP contribution in [-0.4, -0.2) is 42.4 Å². The summed E-state index contributed by atoms with van der Waals surface area (Å²) in [6, 6.07) is 14.5. The molecule has 0 radical (unpaired) electrons. The topological polar surface area (TPSA) is 127 Å². The maximum Gasteiger partial charge on any atom is 0.373 e. The number of benzene rings is 2. The summed E-state index contributed by atoms with van der Waals surface area (Å²) >= 11 is 0. The summed E-state index contributed by atoms with van der Waals surface area (Å²) in [5, 5.41) is 4.92. The van der Waals surface area contributed by atoms with E-state index in [-0.39, 0.29) is 36.1 Å². The van der Waals surface area contributed by atoms with Crippen molar-refractivity contribution < 1.29 is 37.5 Å². The Balaban J connectivity index is 1.34. The number of nitrogens with one attached hydrogen (secondary N) is 2. The van der Waals surface area contributed by atoms with E-state index in [0.717, 1.165) is 4.90 Å². The largest absolute Gasteiger partial charge is 0.484 e. The fourth-order valence-corrected chi connectivity index (χ4v) is 3.27. The van der Waals surface area contributed by atoms with Gasteiger partial charge in [-0.15, -0.1) is 0 Å². The van der Waals surface area contributed by atoms with Crippen molar-refractivity contribution in [2.75, 3.05) is 19.0 Å². The van der Waals surface area contributed by atoms with E-state index in [1.54, 1.807) is 30.3 Å². The van der Waals surface area contributed by atoms with Crippen LogP contribution in [0.3, 0.4) is 0 Å². The summed E-state index contributed by atoms with van der Waals surface area (Å²) in [6.07, 6.45) is 1.48. The summed E-state index contributed by atoms with van der Waals surface area (Å²) in [6.45, 7) is -0.497. The van der Waals surface area contributed by atoms with E-state index >= 15 is 0 Å². The Morgan fingerprint density at radius 1 is 1.08 bits per heavy atom. The number of amides is 4. The van der Waals surface area contributed by atoms with E-state index in [1.807, 2.05) is 0 Å². The lowest BCUT2D eigenvalue weighted by Gasteiger charge is -2.09. The van der Waals surface area contributed by atoms with Gasteiger partial charge >= 0.3 is 12.0 Å². The molecule has 0 aliphatic carbocycles. The number of para-hydroxylation sites is 1. The van der Waals surface area contributed by atoms with Crippen LogP contribution in [0.5, 0.6) is 5.75 Å². The lowest BCUT2D eigenvalue weighted by molar-refractivity contribution is -0.123. The number of ether oxygens (including phenoxy) is 2. The van der Waals surface area contributed by atoms with Gasteiger partial charge in [-0.1, -0.05) is 24.3 Å². The molecule has 0 saturated carbocycles. The highest BCUT2D eigenvalue weighted by atomic mass is 19.1. The van der Waals surface area contributed by atoms with Crippen LogP contribution in [0.15, 0.2) is 70.8 Å². The van der Waals surface area contributed by atoms with Crippen molar-refractivity contribution in [2.45, 2.75) is 6.54 Å². The van der Waals surface area contributed by atoms with E-state index in [2.05, 4.69) is 15.4 Å². The van der Waals surface area contributed by atoms with Crippen molar-refractivity contribution in [2.24, 2.45) is 0 Å². The second kappa shape index (κ2) is 10.6. The average molecular weight is 493 g/mol. The Hall–Kier alpha value is -4.93. The Labute approximate surface area is 204 Å². The standard InChI is InChI=1S/C25H20FN3O7/c1-34-24(32)21-11-10-17(36-21)13-29-23(31)20(28-25(29)33)12-15-6-8-16(9-7-15)35-14-22(30)27-19-5-3-2-4-18(19)26/h2-12H,13-14H2,1H3,(H,27,30)(H,28,33)/b20-12-. The molecule has 1 fully saturated rings. The molecule has 0 bridgehead atoms. The molecule has 0 spiro atoms. The molecule has 10 nitrogen and oxygen atoms in total. The summed E-state index contributed by atoms with van der Waals surface area (Å²) in [5.41, 5.74) is 0.702. The SMILES string of the molecule is COC(=O)c1ccc(CN2C(=O)N/C(=C\c3ccc(OCC(=O)Nc4ccccc4F)cc3)C2=O)o1. The molecule has 1 saturated heterocycles. The van der Waals surface area contributed by atoms with E-state index in [0.29, 0.717) is 11.3 Å². The summed E-state index contributed by atoms with van der Waals surface area (Å²) in [4.78, 5) is 49.4. The van der Waals surface area contributed by atoms with Crippen LogP contribution in [0, 0.1) is 5.82 Å². The summed E-state index contributed by atoms with van der Waals surface area (Å²) < 4.78 is 28.9. The monoisotopic (exact) mass is 493 g/mol. The van der Waals surface area contributed by atoms with Crippen molar-refractivity contribution in [3.05, 3.63) is 89.3 Å². The third kappa shape index (κ3) is 5.58. The van der Waals surface area contributed by atoms with Crippen molar-refractivity contribution in [3.63, 3.8) is 0 Å². The highest BCUT2D eigenvalue weighted by Gasteiger charge is 2.34. The predicted octanol–water partition coefficient (Wildman–Crippen LogP) is 3.32. The number of esters is 1. The number of carbonyl (C=O) groups excluding carboxylic acids is 4. The molecule has 4 amide bonds. The maximum absolute atomic E-state index is 13.6. The van der Waals surface area contributed by atoms with Gasteiger partial charge < -0.3 is 24.5 Å². The average Bonchev–Trinajstić information content (AvgIpc) is 3.45. The summed E-state index contributed by atoms with van der Waals surface area (Å²) in [7, 11) is 1.21. The van der Waals surface area contributed by atoms with Gasteiger partial charge in [0.1, 0.15) is 23.0 Å². The van der Waals surface area contributed by atoms with Crippen LogP contribution in [0.2, 0.25) is 0 Å². The molecule has 0 unspecified atom stereocenters. The van der Waals surface area contributed by atoms with Crippen LogP contribution in [0.1, 0.15) is 21.9 Å². The first-order chi connectivity index (χ1) is 17.3. The van der Waals surface area contributed by atoms with Crippen LogP contribution in [0.25, 0.3) is 6.08 Å². The van der Waals surface area contributed by atoms with Crippen LogP contribution in [0.4, 0.5) is 14.9 Å². The number of nitrogens with zero attached hydrogens (tertiary/aromatic N) is 1. The number of hydrogen-bond donors (Lipinski definition) is 2. The van der Waals surface area contributed by atoms with Crippen molar-refractivity contribution in [3.8, 4) is 5.75 Å². The van der Waals surface area contributed by atoms with Crippen molar-refractivity contribution >= 4 is 35.6 Å². The fourth-order valence-electron chi connectivity index (χ4n) is 3.27. The maximum atomic E-state index is 13.6. The van der Waals surface area contributed by atoms with E-state index < -0.39 is 29.6 Å². The zero-order valence-corrected chi connectivity index (χ0v) is 18.9. The second-order valence-electron chi connectivity index (χ2n) is 7.52. The van der Waals surface area contributed by atoms with Gasteiger partial charge in [0.2, 0.25) is 5.76 Å². The number of rotatable bonds is 8. The van der Waals surface area contributed by atoms with Gasteiger partial charge in [-0.3, -0.25) is 14.5 Å². The lowest BCUT2D eigenvalue weighted by Crippen LogP contribution is -2.30. The zero-order chi connectivity index (χ0) is 25.7. The number of halogens is 1. The van der Waals surface area contributed by atoms with Crippen molar-refractivity contribution in [1.82, 2.24) is 10.2 Å². The molecular weight excluding hydrogens is 473 g/mol. The molecule has 2 aromatic carbocycles. The van der Waals surface area contributed by atoms with Gasteiger partial charge in [-0.2, -0.15) is 0 Å². The molecule has 184 valence electrons. The Morgan fingerprint density at radius 2 is 1.83 bits per heavy atom. The Bertz CT molecular complexity index is 1350. The minimum atomic E-state index is -0.669. The predicted molar refractivity (Wildman–Crippen MR) is 124 cm³/mol. The zero-order valence-electron chi connectivity index (χ0n) is 18.9. The molecular formula is C25H20FN3O7. The lowest BCUT2D eigenvalue weighted by atomic mass is 10.2. The van der Waals surface area contributed by atoms with E-state index in [9.17, 15) is 23.6 Å². The molecule has 1 aliphatic rings. The van der Waals surface area contributed by atoms with Crippen LogP contribution < -0.4 is 15.4 Å². The molecule has 4 rings (SSSR count). The number of urea groups is 1. The van der Waals surface area contributed by atoms with Gasteiger partial charge in [0.05, 0.1) is 19.3 Å². The molecule has 0 atom stereocenters. The van der Waals surface area contributed by atoms with Crippen LogP contribution in [-0.2, 0) is 20.9 Å². The van der Waals surface area contributed by atoms with Gasteiger partial charge in [0.15, 0.2) is 6.61 Å². The first kappa shape index (κ1) is 24.2. The normalized spacial score (nSPS) is 14.1. The fraction of sp³-hybridized carbons (Fsp3) is 0.120. The smallest absolute Gasteiger partial charge is 0.373 e. The molecule has 11 heteroatoms. The van der Waals surface area contributed by atoms with Crippen LogP contribution >= 0.6 is 0 Å². The minimum absolute atomic E-state index is 0.0395. The van der Waals surface area contributed by atoms with Crippen molar-refractivity contribution in [1.29, 1.82) is 0 Å².